The molecule has 0 radical (unpaired) electrons. The van der Waals surface area contributed by atoms with Gasteiger partial charge in [-0.15, -0.1) is 0 Å². The highest BCUT2D eigenvalue weighted by molar-refractivity contribution is 5.07. The largest absolute Gasteiger partial charge is 0.276 e. The quantitative estimate of drug-likeness (QED) is 0.603. The highest BCUT2D eigenvalue weighted by atomic mass is 15.2. The molecule has 2 rings (SSSR count). The van der Waals surface area contributed by atoms with Gasteiger partial charge >= 0.3 is 0 Å². The fourth-order valence-electron chi connectivity index (χ4n) is 3.04. The summed E-state index contributed by atoms with van der Waals surface area (Å²) in [5, 5.41) is 4.21. The number of aryl methyl sites for hydroxylation is 1. The molecule has 1 aliphatic rings. The van der Waals surface area contributed by atoms with Gasteiger partial charge in [0.05, 0.1) is 6.20 Å². The van der Waals surface area contributed by atoms with Gasteiger partial charge in [-0.1, -0.05) is 19.8 Å². The van der Waals surface area contributed by atoms with Crippen molar-refractivity contribution < 1.29 is 0 Å². The molecule has 3 atom stereocenters. The van der Waals surface area contributed by atoms with Crippen molar-refractivity contribution in [2.75, 3.05) is 0 Å². The van der Waals surface area contributed by atoms with Gasteiger partial charge < -0.3 is 0 Å². The van der Waals surface area contributed by atoms with Gasteiger partial charge in [-0.25, -0.2) is 0 Å². The lowest BCUT2D eigenvalue weighted by molar-refractivity contribution is 0.348. The van der Waals surface area contributed by atoms with Crippen LogP contribution in [0.4, 0.5) is 0 Å². The number of hydrogen-bond acceptors (Lipinski definition) is 3. The number of hydrogen-bond donors (Lipinski definition) is 2. The van der Waals surface area contributed by atoms with E-state index in [9.17, 15) is 0 Å². The first kappa shape index (κ1) is 12.6. The molecule has 1 saturated carbocycles. The Balaban J connectivity index is 1.93. The third kappa shape index (κ3) is 3.07. The van der Waals surface area contributed by atoms with Crippen LogP contribution in [0.3, 0.4) is 0 Å². The van der Waals surface area contributed by atoms with Crippen LogP contribution >= 0.6 is 0 Å². The average molecular weight is 236 g/mol. The molecule has 0 amide bonds. The molecule has 4 nitrogen and oxygen atoms in total. The molecular formula is C13H24N4. The molecule has 3 N–H and O–H groups in total. The first-order valence-electron chi connectivity index (χ1n) is 6.66. The summed E-state index contributed by atoms with van der Waals surface area (Å²) < 4.78 is 1.85. The van der Waals surface area contributed by atoms with Crippen LogP contribution < -0.4 is 11.3 Å². The normalized spacial score (nSPS) is 26.3. The number of nitrogens with one attached hydrogen (secondary N) is 1. The molecule has 1 aromatic rings. The summed E-state index contributed by atoms with van der Waals surface area (Å²) in [4.78, 5) is 0. The Morgan fingerprint density at radius 2 is 2.41 bits per heavy atom. The van der Waals surface area contributed by atoms with Crippen LogP contribution in [0.15, 0.2) is 12.4 Å². The zero-order valence-electron chi connectivity index (χ0n) is 10.9. The highest BCUT2D eigenvalue weighted by Crippen LogP contribution is 2.35. The van der Waals surface area contributed by atoms with Crippen molar-refractivity contribution in [3.8, 4) is 0 Å². The van der Waals surface area contributed by atoms with Crippen LogP contribution in [0, 0.1) is 11.8 Å². The van der Waals surface area contributed by atoms with E-state index >= 15 is 0 Å². The summed E-state index contributed by atoms with van der Waals surface area (Å²) in [5.74, 6) is 7.35. The summed E-state index contributed by atoms with van der Waals surface area (Å²) >= 11 is 0. The lowest BCUT2D eigenvalue weighted by atomic mass is 9.92. The van der Waals surface area contributed by atoms with Crippen molar-refractivity contribution in [3.63, 3.8) is 0 Å². The fourth-order valence-corrected chi connectivity index (χ4v) is 3.04. The Kier molecular flexibility index (Phi) is 4.18. The summed E-state index contributed by atoms with van der Waals surface area (Å²) in [6.07, 6.45) is 10.3. The Bertz CT molecular complexity index is 347. The predicted octanol–water partition coefficient (Wildman–Crippen LogP) is 1.62. The van der Waals surface area contributed by atoms with Crippen LogP contribution in [-0.2, 0) is 13.5 Å². The molecule has 0 bridgehead atoms. The smallest absolute Gasteiger partial charge is 0.0522 e. The minimum atomic E-state index is 0.399. The second kappa shape index (κ2) is 5.65. The van der Waals surface area contributed by atoms with Crippen LogP contribution in [0.1, 0.15) is 38.2 Å². The van der Waals surface area contributed by atoms with Crippen molar-refractivity contribution in [1.82, 2.24) is 15.2 Å². The van der Waals surface area contributed by atoms with Crippen LogP contribution in [0.25, 0.3) is 0 Å². The van der Waals surface area contributed by atoms with Gasteiger partial charge in [-0.3, -0.25) is 16.0 Å². The first-order valence-corrected chi connectivity index (χ1v) is 6.66. The molecule has 0 spiro atoms. The SMILES string of the molecule is CCC1CCC(C(Cc2cnn(C)c2)NN)C1. The molecule has 0 aliphatic heterocycles. The molecule has 1 aromatic heterocycles. The second-order valence-corrected chi connectivity index (χ2v) is 5.35. The maximum Gasteiger partial charge on any atom is 0.0522 e. The number of hydrazine groups is 1. The van der Waals surface area contributed by atoms with E-state index in [-0.39, 0.29) is 0 Å². The van der Waals surface area contributed by atoms with Gasteiger partial charge in [0.1, 0.15) is 0 Å². The maximum absolute atomic E-state index is 5.72. The Morgan fingerprint density at radius 3 is 2.94 bits per heavy atom. The monoisotopic (exact) mass is 236 g/mol. The van der Waals surface area contributed by atoms with Crippen molar-refractivity contribution >= 4 is 0 Å². The van der Waals surface area contributed by atoms with Crippen LogP contribution in [0.5, 0.6) is 0 Å². The third-order valence-electron chi connectivity index (χ3n) is 4.16. The van der Waals surface area contributed by atoms with Gasteiger partial charge in [0.2, 0.25) is 0 Å². The third-order valence-corrected chi connectivity index (χ3v) is 4.16. The van der Waals surface area contributed by atoms with Crippen molar-refractivity contribution in [1.29, 1.82) is 0 Å². The van der Waals surface area contributed by atoms with Gasteiger partial charge in [0, 0.05) is 19.3 Å². The zero-order valence-corrected chi connectivity index (χ0v) is 10.9. The number of rotatable bonds is 5. The second-order valence-electron chi connectivity index (χ2n) is 5.35. The zero-order chi connectivity index (χ0) is 12.3. The fraction of sp³-hybridized carbons (Fsp3) is 0.769. The molecule has 0 saturated heterocycles. The van der Waals surface area contributed by atoms with E-state index in [2.05, 4.69) is 23.6 Å². The summed E-state index contributed by atoms with van der Waals surface area (Å²) in [6.45, 7) is 2.29. The van der Waals surface area contributed by atoms with Gasteiger partial charge in [0.25, 0.3) is 0 Å². The topological polar surface area (TPSA) is 55.9 Å². The van der Waals surface area contributed by atoms with Crippen LogP contribution in [-0.4, -0.2) is 15.8 Å². The summed E-state index contributed by atoms with van der Waals surface area (Å²) in [5.41, 5.74) is 4.28. The Morgan fingerprint density at radius 1 is 1.59 bits per heavy atom. The van der Waals surface area contributed by atoms with E-state index in [0.717, 1.165) is 18.3 Å². The van der Waals surface area contributed by atoms with Gasteiger partial charge in [-0.2, -0.15) is 5.10 Å². The number of nitrogens with zero attached hydrogens (tertiary/aromatic N) is 2. The molecule has 17 heavy (non-hydrogen) atoms. The highest BCUT2D eigenvalue weighted by Gasteiger charge is 2.29. The molecule has 3 unspecified atom stereocenters. The number of aromatic nitrogens is 2. The minimum Gasteiger partial charge on any atom is -0.276 e. The Hall–Kier alpha value is -0.870. The Labute approximate surface area is 104 Å². The van der Waals surface area contributed by atoms with E-state index in [1.54, 1.807) is 0 Å². The van der Waals surface area contributed by atoms with Gasteiger partial charge in [0.15, 0.2) is 0 Å². The first-order chi connectivity index (χ1) is 8.22. The summed E-state index contributed by atoms with van der Waals surface area (Å²) in [6, 6.07) is 0.399. The molecule has 0 aromatic carbocycles. The molecular weight excluding hydrogens is 212 g/mol. The van der Waals surface area contributed by atoms with E-state index in [4.69, 9.17) is 5.84 Å². The lowest BCUT2D eigenvalue weighted by Gasteiger charge is -2.22. The molecule has 1 aliphatic carbocycles. The molecule has 1 fully saturated rings. The van der Waals surface area contributed by atoms with Crippen molar-refractivity contribution in [2.24, 2.45) is 24.7 Å². The lowest BCUT2D eigenvalue weighted by Crippen LogP contribution is -2.41. The maximum atomic E-state index is 5.72. The van der Waals surface area contributed by atoms with E-state index < -0.39 is 0 Å². The molecule has 4 heteroatoms. The van der Waals surface area contributed by atoms with Crippen LogP contribution in [0.2, 0.25) is 0 Å². The van der Waals surface area contributed by atoms with E-state index in [1.165, 1.54) is 31.2 Å². The predicted molar refractivity (Wildman–Crippen MR) is 69.1 cm³/mol. The van der Waals surface area contributed by atoms with Crippen molar-refractivity contribution in [3.05, 3.63) is 18.0 Å². The van der Waals surface area contributed by atoms with Crippen molar-refractivity contribution in [2.45, 2.75) is 45.1 Å². The molecule has 96 valence electrons. The summed E-state index contributed by atoms with van der Waals surface area (Å²) in [7, 11) is 1.96. The molecule has 1 heterocycles. The average Bonchev–Trinajstić information content (AvgIpc) is 2.94. The minimum absolute atomic E-state index is 0.399. The van der Waals surface area contributed by atoms with Gasteiger partial charge in [-0.05, 0) is 36.7 Å². The van der Waals surface area contributed by atoms with E-state index in [0.29, 0.717) is 6.04 Å². The standard InChI is InChI=1S/C13H24N4/c1-3-10-4-5-12(6-10)13(16-14)7-11-8-15-17(2)9-11/h8-10,12-13,16H,3-7,14H2,1-2H3. The number of nitrogens with two attached hydrogens (primary N) is 1. The van der Waals surface area contributed by atoms with E-state index in [1.807, 2.05) is 17.9 Å².